The maximum Gasteiger partial charge on any atom is 0.219 e. The number of hydrogen-bond acceptors (Lipinski definition) is 7. The molecule has 4 aliphatic rings. The molecule has 3 aromatic rings. The molecular weight excluding hydrogens is 540 g/mol. The first kappa shape index (κ1) is 25.2. The molecule has 2 aliphatic heterocycles. The number of sulfonamides is 1. The molecule has 1 spiro atoms. The standard InChI is InChI=1S/C28H33ClN4O3S2/c1-27(2,3)38(35,36)33-13-18(11-28(33)5-4-6-28)32-12-16-7-20(16)21-8-17(29)9-22(25(21)32)24-26-23(30-15-31-24)10-19(14-34)37-26/h8-10,15-16,18,20,34H,4-7,11-14H2,1-3H3/t16-,18-,20-/m0/s1. The number of aromatic nitrogens is 2. The summed E-state index contributed by atoms with van der Waals surface area (Å²) in [7, 11) is -3.45. The van der Waals surface area contributed by atoms with Crippen LogP contribution in [-0.2, 0) is 16.6 Å². The van der Waals surface area contributed by atoms with Gasteiger partial charge in [0.15, 0.2) is 0 Å². The number of rotatable bonds is 4. The average molecular weight is 573 g/mol. The zero-order chi connectivity index (χ0) is 26.6. The first-order valence-electron chi connectivity index (χ1n) is 13.5. The monoisotopic (exact) mass is 572 g/mol. The van der Waals surface area contributed by atoms with E-state index in [1.54, 1.807) is 6.33 Å². The van der Waals surface area contributed by atoms with Gasteiger partial charge in [0.2, 0.25) is 10.0 Å². The molecule has 1 saturated heterocycles. The molecule has 2 aromatic heterocycles. The van der Waals surface area contributed by atoms with Crippen molar-refractivity contribution in [2.24, 2.45) is 5.92 Å². The van der Waals surface area contributed by atoms with E-state index >= 15 is 0 Å². The molecule has 3 atom stereocenters. The van der Waals surface area contributed by atoms with Crippen molar-refractivity contribution in [3.63, 3.8) is 0 Å². The van der Waals surface area contributed by atoms with Crippen molar-refractivity contribution in [3.8, 4) is 11.3 Å². The summed E-state index contributed by atoms with van der Waals surface area (Å²) >= 11 is 8.25. The second-order valence-corrected chi connectivity index (χ2v) is 16.7. The van der Waals surface area contributed by atoms with E-state index in [-0.39, 0.29) is 18.2 Å². The van der Waals surface area contributed by atoms with Gasteiger partial charge in [-0.25, -0.2) is 18.4 Å². The molecule has 3 fully saturated rings. The van der Waals surface area contributed by atoms with Gasteiger partial charge in [-0.15, -0.1) is 11.3 Å². The number of anilines is 1. The fraction of sp³-hybridized carbons (Fsp3) is 0.571. The maximum atomic E-state index is 13.8. The average Bonchev–Trinajstić information content (AvgIpc) is 3.31. The Morgan fingerprint density at radius 3 is 2.66 bits per heavy atom. The minimum Gasteiger partial charge on any atom is -0.391 e. The molecule has 2 aliphatic carbocycles. The van der Waals surface area contributed by atoms with Crippen molar-refractivity contribution in [1.82, 2.24) is 14.3 Å². The Labute approximate surface area is 232 Å². The number of hydrogen-bond donors (Lipinski definition) is 1. The van der Waals surface area contributed by atoms with Crippen LogP contribution in [0.5, 0.6) is 0 Å². The molecule has 10 heteroatoms. The van der Waals surface area contributed by atoms with Crippen LogP contribution in [-0.4, -0.2) is 57.2 Å². The number of aliphatic hydroxyl groups is 1. The van der Waals surface area contributed by atoms with Crippen molar-refractivity contribution < 1.29 is 13.5 Å². The third kappa shape index (κ3) is 3.61. The molecule has 4 heterocycles. The number of benzene rings is 1. The van der Waals surface area contributed by atoms with E-state index in [1.807, 2.05) is 37.2 Å². The number of nitrogens with zero attached hydrogens (tertiary/aromatic N) is 4. The minimum absolute atomic E-state index is 0.0355. The molecular formula is C28H33ClN4O3S2. The summed E-state index contributed by atoms with van der Waals surface area (Å²) in [5.74, 6) is 1.06. The highest BCUT2D eigenvalue weighted by atomic mass is 35.5. The molecule has 2 saturated carbocycles. The van der Waals surface area contributed by atoms with Gasteiger partial charge in [-0.3, -0.25) is 0 Å². The van der Waals surface area contributed by atoms with Gasteiger partial charge >= 0.3 is 0 Å². The summed E-state index contributed by atoms with van der Waals surface area (Å²) in [6.45, 7) is 6.86. The predicted octanol–water partition coefficient (Wildman–Crippen LogP) is 5.55. The highest BCUT2D eigenvalue weighted by Gasteiger charge is 2.59. The number of fused-ring (bicyclic) bond motifs is 4. The van der Waals surface area contributed by atoms with Crippen molar-refractivity contribution >= 4 is 48.9 Å². The molecule has 0 bridgehead atoms. The second kappa shape index (κ2) is 8.36. The van der Waals surface area contributed by atoms with Crippen LogP contribution in [0.2, 0.25) is 5.02 Å². The first-order chi connectivity index (χ1) is 18.0. The normalized spacial score (nSPS) is 26.4. The molecule has 0 unspecified atom stereocenters. The van der Waals surface area contributed by atoms with Gasteiger partial charge in [-0.05, 0) is 88.5 Å². The number of thiophene rings is 1. The van der Waals surface area contributed by atoms with Gasteiger partial charge in [0.05, 0.1) is 33.0 Å². The Morgan fingerprint density at radius 2 is 1.97 bits per heavy atom. The van der Waals surface area contributed by atoms with Crippen LogP contribution in [0.15, 0.2) is 24.5 Å². The van der Waals surface area contributed by atoms with E-state index in [9.17, 15) is 13.5 Å². The lowest BCUT2D eigenvalue weighted by molar-refractivity contribution is 0.125. The summed E-state index contributed by atoms with van der Waals surface area (Å²) in [6, 6.07) is 6.14. The van der Waals surface area contributed by atoms with Crippen molar-refractivity contribution in [2.45, 2.75) is 81.7 Å². The first-order valence-corrected chi connectivity index (χ1v) is 16.1. The largest absolute Gasteiger partial charge is 0.391 e. The van der Waals surface area contributed by atoms with E-state index in [1.165, 1.54) is 16.9 Å². The van der Waals surface area contributed by atoms with Crippen LogP contribution in [0, 0.1) is 5.92 Å². The zero-order valence-corrected chi connectivity index (χ0v) is 24.3. The molecule has 38 heavy (non-hydrogen) atoms. The van der Waals surface area contributed by atoms with Crippen LogP contribution in [0.25, 0.3) is 21.5 Å². The smallest absolute Gasteiger partial charge is 0.219 e. The third-order valence-electron chi connectivity index (χ3n) is 9.23. The topological polar surface area (TPSA) is 86.6 Å². The highest BCUT2D eigenvalue weighted by molar-refractivity contribution is 7.90. The second-order valence-electron chi connectivity index (χ2n) is 12.5. The summed E-state index contributed by atoms with van der Waals surface area (Å²) in [4.78, 5) is 12.5. The Balaban J connectivity index is 1.37. The molecule has 0 amide bonds. The fourth-order valence-corrected chi connectivity index (χ4v) is 10.0. The summed E-state index contributed by atoms with van der Waals surface area (Å²) < 4.78 is 29.5. The zero-order valence-electron chi connectivity index (χ0n) is 21.9. The van der Waals surface area contributed by atoms with Crippen molar-refractivity contribution in [2.75, 3.05) is 18.0 Å². The molecule has 7 rings (SSSR count). The Bertz CT molecular complexity index is 1560. The Hall–Kier alpha value is -1.78. The van der Waals surface area contributed by atoms with E-state index in [4.69, 9.17) is 16.6 Å². The van der Waals surface area contributed by atoms with Crippen LogP contribution >= 0.6 is 22.9 Å². The quantitative estimate of drug-likeness (QED) is 0.441. The number of aliphatic hydroxyl groups excluding tert-OH is 1. The fourth-order valence-electron chi connectivity index (χ4n) is 7.00. The highest BCUT2D eigenvalue weighted by Crippen LogP contribution is 2.60. The molecule has 202 valence electrons. The van der Waals surface area contributed by atoms with Crippen LogP contribution in [0.3, 0.4) is 0 Å². The maximum absolute atomic E-state index is 13.8. The van der Waals surface area contributed by atoms with E-state index in [2.05, 4.69) is 16.0 Å². The SMILES string of the molecule is CC(C)(C)S(=O)(=O)N1C[C@@H](N2C[C@@H]3C[C@@H]3c3cc(Cl)cc(-c4ncnc5cc(CO)sc45)c32)CC12CCC2. The Kier molecular flexibility index (Phi) is 5.55. The van der Waals surface area contributed by atoms with Gasteiger partial charge in [-0.2, -0.15) is 4.31 Å². The van der Waals surface area contributed by atoms with E-state index in [0.717, 1.165) is 70.7 Å². The van der Waals surface area contributed by atoms with Crippen molar-refractivity contribution in [3.05, 3.63) is 40.0 Å². The van der Waals surface area contributed by atoms with E-state index < -0.39 is 14.8 Å². The minimum atomic E-state index is -3.45. The Morgan fingerprint density at radius 1 is 1.18 bits per heavy atom. The molecule has 1 N–H and O–H groups in total. The lowest BCUT2D eigenvalue weighted by atomic mass is 9.75. The lowest BCUT2D eigenvalue weighted by Crippen LogP contribution is -2.56. The van der Waals surface area contributed by atoms with Gasteiger partial charge in [-0.1, -0.05) is 11.6 Å². The summed E-state index contributed by atoms with van der Waals surface area (Å²) in [5, 5.41) is 10.5. The molecule has 1 aromatic carbocycles. The summed E-state index contributed by atoms with van der Waals surface area (Å²) in [5.41, 5.74) is 4.78. The van der Waals surface area contributed by atoms with Gasteiger partial charge in [0.1, 0.15) is 6.33 Å². The van der Waals surface area contributed by atoms with Gasteiger partial charge in [0, 0.05) is 40.1 Å². The number of halogens is 1. The van der Waals surface area contributed by atoms with Crippen LogP contribution in [0.1, 0.15) is 69.2 Å². The molecule has 7 nitrogen and oxygen atoms in total. The van der Waals surface area contributed by atoms with E-state index in [0.29, 0.717) is 23.4 Å². The lowest BCUT2D eigenvalue weighted by Gasteiger charge is -2.46. The third-order valence-corrected chi connectivity index (χ3v) is 13.2. The van der Waals surface area contributed by atoms with Crippen molar-refractivity contribution in [1.29, 1.82) is 0 Å². The predicted molar refractivity (Wildman–Crippen MR) is 152 cm³/mol. The molecule has 0 radical (unpaired) electrons. The van der Waals surface area contributed by atoms with Gasteiger partial charge < -0.3 is 10.0 Å². The van der Waals surface area contributed by atoms with Gasteiger partial charge in [0.25, 0.3) is 0 Å². The van der Waals surface area contributed by atoms with Crippen LogP contribution in [0.4, 0.5) is 5.69 Å². The van der Waals surface area contributed by atoms with Crippen LogP contribution < -0.4 is 4.90 Å². The summed E-state index contributed by atoms with van der Waals surface area (Å²) in [6.07, 6.45) is 6.53.